The van der Waals surface area contributed by atoms with Crippen LogP contribution in [0.15, 0.2) is 41.6 Å². The number of rotatable bonds is 5. The SMILES string of the molecule is COc1ccccc1/C=C\[C@H]1NC(=O)NC(C)=C1C(=O)OC(C)C. The van der Waals surface area contributed by atoms with E-state index in [-0.39, 0.29) is 12.1 Å². The van der Waals surface area contributed by atoms with E-state index >= 15 is 0 Å². The van der Waals surface area contributed by atoms with E-state index in [9.17, 15) is 9.59 Å². The molecule has 6 heteroatoms. The molecule has 0 bridgehead atoms. The summed E-state index contributed by atoms with van der Waals surface area (Å²) in [4.78, 5) is 24.1. The highest BCUT2D eigenvalue weighted by Crippen LogP contribution is 2.21. The Morgan fingerprint density at radius 2 is 2.00 bits per heavy atom. The normalized spacial score (nSPS) is 17.7. The Labute approximate surface area is 141 Å². The lowest BCUT2D eigenvalue weighted by molar-refractivity contribution is -0.143. The van der Waals surface area contributed by atoms with Crippen LogP contribution in [0.25, 0.3) is 6.08 Å². The van der Waals surface area contributed by atoms with Gasteiger partial charge in [-0.15, -0.1) is 0 Å². The van der Waals surface area contributed by atoms with Crippen LogP contribution >= 0.6 is 0 Å². The number of allylic oxidation sites excluding steroid dienone is 1. The summed E-state index contributed by atoms with van der Waals surface area (Å²) in [5.74, 6) is 0.255. The largest absolute Gasteiger partial charge is 0.496 e. The van der Waals surface area contributed by atoms with Crippen LogP contribution in [0, 0.1) is 0 Å². The molecule has 1 aliphatic heterocycles. The molecular weight excluding hydrogens is 308 g/mol. The van der Waals surface area contributed by atoms with Crippen molar-refractivity contribution in [1.29, 1.82) is 0 Å². The van der Waals surface area contributed by atoms with Gasteiger partial charge in [0.05, 0.1) is 24.8 Å². The van der Waals surface area contributed by atoms with E-state index in [1.54, 1.807) is 34.0 Å². The number of esters is 1. The van der Waals surface area contributed by atoms with Gasteiger partial charge in [-0.25, -0.2) is 9.59 Å². The van der Waals surface area contributed by atoms with Crippen LogP contribution in [-0.2, 0) is 9.53 Å². The number of nitrogens with one attached hydrogen (secondary N) is 2. The highest BCUT2D eigenvalue weighted by molar-refractivity contribution is 5.95. The Morgan fingerprint density at radius 3 is 2.67 bits per heavy atom. The molecule has 1 atom stereocenters. The summed E-state index contributed by atoms with van der Waals surface area (Å²) in [5.41, 5.74) is 1.72. The molecule has 0 saturated heterocycles. The first-order valence-electron chi connectivity index (χ1n) is 7.73. The lowest BCUT2D eigenvalue weighted by Crippen LogP contribution is -2.49. The number of hydrogen-bond acceptors (Lipinski definition) is 4. The van der Waals surface area contributed by atoms with Gasteiger partial charge in [-0.05, 0) is 26.8 Å². The second-order valence-corrected chi connectivity index (χ2v) is 5.67. The average Bonchev–Trinajstić information content (AvgIpc) is 2.51. The van der Waals surface area contributed by atoms with Crippen LogP contribution in [0.2, 0.25) is 0 Å². The number of urea groups is 1. The van der Waals surface area contributed by atoms with Gasteiger partial charge in [0, 0.05) is 11.3 Å². The Kier molecular flexibility index (Phi) is 5.63. The van der Waals surface area contributed by atoms with E-state index in [0.717, 1.165) is 5.56 Å². The molecule has 1 aliphatic rings. The minimum Gasteiger partial charge on any atom is -0.496 e. The molecule has 0 radical (unpaired) electrons. The van der Waals surface area contributed by atoms with Crippen molar-refractivity contribution < 1.29 is 19.1 Å². The van der Waals surface area contributed by atoms with Gasteiger partial charge < -0.3 is 20.1 Å². The van der Waals surface area contributed by atoms with Crippen LogP contribution in [0.5, 0.6) is 5.75 Å². The fourth-order valence-corrected chi connectivity index (χ4v) is 2.43. The van der Waals surface area contributed by atoms with E-state index in [1.165, 1.54) is 0 Å². The van der Waals surface area contributed by atoms with Crippen LogP contribution in [0.4, 0.5) is 4.79 Å². The molecule has 0 unspecified atom stereocenters. The molecular formula is C18H22N2O4. The number of amides is 2. The summed E-state index contributed by atoms with van der Waals surface area (Å²) in [5, 5.41) is 5.33. The Morgan fingerprint density at radius 1 is 1.29 bits per heavy atom. The zero-order chi connectivity index (χ0) is 17.7. The predicted octanol–water partition coefficient (Wildman–Crippen LogP) is 2.62. The average molecular weight is 330 g/mol. The third-order valence-electron chi connectivity index (χ3n) is 3.47. The van der Waals surface area contributed by atoms with Crippen LogP contribution in [0.3, 0.4) is 0 Å². The molecule has 2 amide bonds. The van der Waals surface area contributed by atoms with Crippen molar-refractivity contribution in [2.24, 2.45) is 0 Å². The van der Waals surface area contributed by atoms with Gasteiger partial charge in [0.25, 0.3) is 0 Å². The maximum Gasteiger partial charge on any atom is 0.338 e. The Balaban J connectivity index is 2.31. The molecule has 0 saturated carbocycles. The molecule has 1 aromatic rings. The maximum atomic E-state index is 12.3. The molecule has 0 aromatic heterocycles. The maximum absolute atomic E-state index is 12.3. The van der Waals surface area contributed by atoms with E-state index in [1.807, 2.05) is 30.3 Å². The van der Waals surface area contributed by atoms with Gasteiger partial charge in [0.15, 0.2) is 0 Å². The van der Waals surface area contributed by atoms with E-state index < -0.39 is 12.0 Å². The van der Waals surface area contributed by atoms with E-state index in [4.69, 9.17) is 9.47 Å². The highest BCUT2D eigenvalue weighted by atomic mass is 16.5. The standard InChI is InChI=1S/C18H22N2O4/c1-11(2)24-17(21)16-12(3)19-18(22)20-14(16)10-9-13-7-5-6-8-15(13)23-4/h5-11,14H,1-4H3,(H2,19,20,22)/b10-9-/t14-/m1/s1. The van der Waals surface area contributed by atoms with Gasteiger partial charge in [0.1, 0.15) is 5.75 Å². The third kappa shape index (κ3) is 4.16. The molecule has 1 heterocycles. The zero-order valence-corrected chi connectivity index (χ0v) is 14.3. The highest BCUT2D eigenvalue weighted by Gasteiger charge is 2.29. The van der Waals surface area contributed by atoms with Crippen molar-refractivity contribution in [3.05, 3.63) is 47.2 Å². The van der Waals surface area contributed by atoms with Crippen LogP contribution in [-0.4, -0.2) is 31.3 Å². The summed E-state index contributed by atoms with van der Waals surface area (Å²) < 4.78 is 10.6. The van der Waals surface area contributed by atoms with Gasteiger partial charge in [-0.2, -0.15) is 0 Å². The molecule has 2 N–H and O–H groups in total. The van der Waals surface area contributed by atoms with Gasteiger partial charge >= 0.3 is 12.0 Å². The first kappa shape index (κ1) is 17.6. The van der Waals surface area contributed by atoms with Crippen molar-refractivity contribution in [2.45, 2.75) is 32.9 Å². The molecule has 128 valence electrons. The number of para-hydroxylation sites is 1. The zero-order valence-electron chi connectivity index (χ0n) is 14.3. The van der Waals surface area contributed by atoms with Crippen molar-refractivity contribution in [3.8, 4) is 5.75 Å². The van der Waals surface area contributed by atoms with Crippen LogP contribution < -0.4 is 15.4 Å². The predicted molar refractivity (Wildman–Crippen MR) is 91.4 cm³/mol. The van der Waals surface area contributed by atoms with Gasteiger partial charge in [0.2, 0.25) is 0 Å². The monoisotopic (exact) mass is 330 g/mol. The number of hydrogen-bond donors (Lipinski definition) is 2. The number of carbonyl (C=O) groups excluding carboxylic acids is 2. The fraction of sp³-hybridized carbons (Fsp3) is 0.333. The summed E-state index contributed by atoms with van der Waals surface area (Å²) in [6.07, 6.45) is 3.32. The number of ether oxygens (including phenoxy) is 2. The minimum absolute atomic E-state index is 0.241. The quantitative estimate of drug-likeness (QED) is 0.814. The molecule has 24 heavy (non-hydrogen) atoms. The molecule has 0 spiro atoms. The van der Waals surface area contributed by atoms with Crippen molar-refractivity contribution >= 4 is 18.1 Å². The first-order valence-corrected chi connectivity index (χ1v) is 7.73. The van der Waals surface area contributed by atoms with Crippen LogP contribution in [0.1, 0.15) is 26.3 Å². The number of benzene rings is 1. The van der Waals surface area contributed by atoms with E-state index in [2.05, 4.69) is 10.6 Å². The van der Waals surface area contributed by atoms with Gasteiger partial charge in [-0.3, -0.25) is 0 Å². The molecule has 0 aliphatic carbocycles. The topological polar surface area (TPSA) is 76.7 Å². The lowest BCUT2D eigenvalue weighted by atomic mass is 10.0. The number of methoxy groups -OCH3 is 1. The molecule has 0 fully saturated rings. The molecule has 1 aromatic carbocycles. The molecule has 6 nitrogen and oxygen atoms in total. The third-order valence-corrected chi connectivity index (χ3v) is 3.47. The second-order valence-electron chi connectivity index (χ2n) is 5.67. The first-order chi connectivity index (χ1) is 11.4. The second kappa shape index (κ2) is 7.68. The number of carbonyl (C=O) groups is 2. The summed E-state index contributed by atoms with van der Waals surface area (Å²) in [6.45, 7) is 5.24. The van der Waals surface area contributed by atoms with Crippen molar-refractivity contribution in [1.82, 2.24) is 10.6 Å². The molecule has 2 rings (SSSR count). The smallest absolute Gasteiger partial charge is 0.338 e. The van der Waals surface area contributed by atoms with E-state index in [0.29, 0.717) is 17.0 Å². The minimum atomic E-state index is -0.574. The summed E-state index contributed by atoms with van der Waals surface area (Å²) in [7, 11) is 1.59. The lowest BCUT2D eigenvalue weighted by Gasteiger charge is -2.26. The van der Waals surface area contributed by atoms with Crippen molar-refractivity contribution in [2.75, 3.05) is 7.11 Å². The summed E-state index contributed by atoms with van der Waals surface area (Å²) in [6, 6.07) is 6.56. The Hall–Kier alpha value is -2.76. The fourth-order valence-electron chi connectivity index (χ4n) is 2.43. The van der Waals surface area contributed by atoms with Crippen molar-refractivity contribution in [3.63, 3.8) is 0 Å². The Bertz CT molecular complexity index is 692. The van der Waals surface area contributed by atoms with Gasteiger partial charge in [-0.1, -0.05) is 30.4 Å². The summed E-state index contributed by atoms with van der Waals surface area (Å²) >= 11 is 0.